The van der Waals surface area contributed by atoms with Gasteiger partial charge >= 0.3 is 7.24 Å². The molecule has 0 aliphatic carbocycles. The molecule has 0 amide bonds. The lowest BCUT2D eigenvalue weighted by molar-refractivity contribution is -0.437. The molecule has 0 fully saturated rings. The highest BCUT2D eigenvalue weighted by Crippen LogP contribution is 2.22. The zero-order valence-corrected chi connectivity index (χ0v) is 37.7. The van der Waals surface area contributed by atoms with E-state index in [9.17, 15) is 67.9 Å². The second kappa shape index (κ2) is 26.2. The first kappa shape index (κ1) is 52.5. The van der Waals surface area contributed by atoms with Gasteiger partial charge in [-0.2, -0.15) is 17.8 Å². The minimum absolute atomic E-state index is 0.00979. The average Bonchev–Trinajstić information content (AvgIpc) is 4.24. The Morgan fingerprint density at radius 2 is 0.836 bits per heavy atom. The third-order valence-corrected chi connectivity index (χ3v) is 9.42. The number of carbonyl (C=O) groups is 2. The van der Waals surface area contributed by atoms with Crippen LogP contribution in [-0.4, -0.2) is 27.2 Å². The van der Waals surface area contributed by atoms with Crippen molar-refractivity contribution in [3.8, 4) is 11.1 Å². The lowest BCUT2D eigenvalue weighted by Gasteiger charge is -2.16. The Bertz CT molecular complexity index is 3710. The van der Waals surface area contributed by atoms with Crippen molar-refractivity contribution in [2.24, 2.45) is 62.0 Å². The lowest BCUT2D eigenvalue weighted by Crippen LogP contribution is -2.29. The number of hydrogen-bond acceptors (Lipinski definition) is 22. The van der Waals surface area contributed by atoms with Gasteiger partial charge in [0.2, 0.25) is 17.5 Å². The fourth-order valence-electron chi connectivity index (χ4n) is 5.69. The molecule has 3 aliphatic rings. The molecule has 370 valence electrons. The molecule has 0 N–H and O–H groups in total. The minimum Gasteiger partial charge on any atom is -0.884 e. The summed E-state index contributed by atoms with van der Waals surface area (Å²) >= 11 is 0. The largest absolute Gasteiger partial charge is 0.884 e. The highest BCUT2D eigenvalue weighted by molar-refractivity contribution is 7.69. The highest BCUT2D eigenvalue weighted by Gasteiger charge is 2.07. The van der Waals surface area contributed by atoms with E-state index < -0.39 is 70.5 Å². The summed E-state index contributed by atoms with van der Waals surface area (Å²) in [6.45, 7) is 1.66. The molecule has 3 heterocycles. The molecule has 0 spiro atoms. The van der Waals surface area contributed by atoms with E-state index in [2.05, 4.69) is 62.0 Å². The van der Waals surface area contributed by atoms with Gasteiger partial charge in [0.15, 0.2) is 0 Å². The number of benzene rings is 6. The van der Waals surface area contributed by atoms with E-state index >= 15 is 0 Å². The number of halogens is 4. The highest BCUT2D eigenvalue weighted by atomic mass is 31.1. The maximum atomic E-state index is 13.6. The average molecular weight is 1010 g/mol. The summed E-state index contributed by atoms with van der Waals surface area (Å²) in [6, 6.07) is 29.5. The molecule has 73 heavy (non-hydrogen) atoms. The van der Waals surface area contributed by atoms with Crippen molar-refractivity contribution in [2.45, 2.75) is 0 Å². The molecule has 0 radical (unpaired) electrons. The fraction of sp³-hybridized carbons (Fsp3) is 0.0222. The summed E-state index contributed by atoms with van der Waals surface area (Å²) in [4.78, 5) is 21.1. The van der Waals surface area contributed by atoms with E-state index in [0.717, 1.165) is 40.8 Å². The smallest absolute Gasteiger partial charge is 0.354 e. The van der Waals surface area contributed by atoms with Crippen LogP contribution in [0.15, 0.2) is 189 Å². The molecule has 1 unspecified atom stereocenters. The van der Waals surface area contributed by atoms with Crippen LogP contribution in [0.4, 0.5) is 17.5 Å². The van der Waals surface area contributed by atoms with Gasteiger partial charge < -0.3 is 54.8 Å². The number of carbonyl (C=O) groups excluding carboxylic acids is 2. The maximum absolute atomic E-state index is 13.6. The Morgan fingerprint density at radius 3 is 1.22 bits per heavy atom. The van der Waals surface area contributed by atoms with E-state index in [1.807, 2.05) is 0 Å². The van der Waals surface area contributed by atoms with Crippen molar-refractivity contribution in [3.63, 3.8) is 0 Å². The maximum Gasteiger partial charge on any atom is 0.354 e. The minimum atomic E-state index is -1.59. The van der Waals surface area contributed by atoms with Crippen molar-refractivity contribution < 1.29 is 67.9 Å². The molecule has 0 aromatic heterocycles. The predicted octanol–water partition coefficient (Wildman–Crippen LogP) is -2.57. The standard InChI is InChI=1S/C14H9FN4O2.C14H9FO4.C8H5FN4O2.C8H6N4O2.CH5BFP/c15-12-7-10(5-6-11(12)14(20)21)8-1-3-9(4-2-8)13-16-18-19-17-13;15-12-7-10(5-6-11(12)14(18)19)8-1-3-9(4-2-8)13(16)17;9-6-3-4(7-10-12-13-11-7)1-2-5(6)8(14)15;13-8(14)6-3-1-5(2-4-6)7-9-11-12-10-7;1-4-2-3/h1-7,20-21H;1-7H,(H,16,17)(H,18,19);1-3,14-15H;1-4,13-14H;2,4H,1H3/p-8/i;;;;2D. The Hall–Kier alpha value is -9.91. The van der Waals surface area contributed by atoms with E-state index in [1.54, 1.807) is 43.1 Å². The topological polar surface area (TPSA) is 367 Å². The molecule has 0 saturated carbocycles. The Labute approximate surface area is 408 Å². The normalized spacial score (nSPS) is 12.5. The van der Waals surface area contributed by atoms with Crippen LogP contribution in [0.3, 0.4) is 0 Å². The van der Waals surface area contributed by atoms with E-state index in [-0.39, 0.29) is 25.1 Å². The van der Waals surface area contributed by atoms with Gasteiger partial charge in [0, 0.05) is 22.6 Å². The van der Waals surface area contributed by atoms with Crippen molar-refractivity contribution in [3.05, 3.63) is 198 Å². The first-order valence-electron chi connectivity index (χ1n) is 20.5. The zero-order chi connectivity index (χ0) is 53.9. The quantitative estimate of drug-likeness (QED) is 0.101. The summed E-state index contributed by atoms with van der Waals surface area (Å²) in [5, 5.41) is 128. The SMILES string of the molecule is O=C([O-])c1ccc(-c2ccc(C(=O)[O-])c(F)c2)cc1.[2H]B(F)PC.[O-]C([O-])=c1ccc(=C2N=NN=N2)cc1.[O-]C([O-])=c1ccc(=C2N=NN=N2)cc1F.[O-]C([O-])=c1ccc(=c2ccc(=C3N=NN=N3)cc2)cc1F. The van der Waals surface area contributed by atoms with Crippen LogP contribution in [0.2, 0.25) is 0 Å². The molecule has 0 bridgehead atoms. The Morgan fingerprint density at radius 1 is 0.452 bits per heavy atom. The van der Waals surface area contributed by atoms with Crippen LogP contribution >= 0.6 is 8.46 Å². The van der Waals surface area contributed by atoms with Gasteiger partial charge in [-0.1, -0.05) is 110 Å². The fourth-order valence-corrected chi connectivity index (χ4v) is 5.69. The summed E-state index contributed by atoms with van der Waals surface area (Å²) in [7, 11) is -1.22. The molecule has 1 atom stereocenters. The first-order valence-corrected chi connectivity index (χ1v) is 21.5. The van der Waals surface area contributed by atoms with Gasteiger partial charge in [0.25, 0.3) is 0 Å². The Kier molecular flexibility index (Phi) is 18.8. The van der Waals surface area contributed by atoms with Gasteiger partial charge in [-0.25, -0.2) is 13.2 Å². The molecule has 0 saturated heterocycles. The molecular weight excluding hydrogens is 986 g/mol. The van der Waals surface area contributed by atoms with Gasteiger partial charge in [-0.3, -0.25) is 0 Å². The molecule has 6 aromatic carbocycles. The van der Waals surface area contributed by atoms with Gasteiger partial charge in [-0.15, -0.1) is 39.1 Å². The third kappa shape index (κ3) is 15.3. The molecule has 22 nitrogen and oxygen atoms in total. The van der Waals surface area contributed by atoms with Crippen molar-refractivity contribution in [2.75, 3.05) is 6.66 Å². The second-order valence-electron chi connectivity index (χ2n) is 13.8. The lowest BCUT2D eigenvalue weighted by atomic mass is 10.0. The van der Waals surface area contributed by atoms with Crippen LogP contribution < -0.4 is 72.2 Å². The molecule has 9 rings (SSSR count). The number of aromatic carboxylic acids is 2. The molecular formula is C45H26BF4N12O10P-8. The van der Waals surface area contributed by atoms with Crippen LogP contribution in [0.5, 0.6) is 0 Å². The van der Waals surface area contributed by atoms with Gasteiger partial charge in [0.1, 0.15) is 17.5 Å². The van der Waals surface area contributed by atoms with Gasteiger partial charge in [-0.05, 0) is 98.4 Å². The predicted molar refractivity (Wildman–Crippen MR) is 234 cm³/mol. The van der Waals surface area contributed by atoms with Crippen molar-refractivity contribution in [1.29, 1.82) is 1.34 Å². The van der Waals surface area contributed by atoms with Crippen LogP contribution in [0.25, 0.3) is 46.4 Å². The number of carboxylic acids is 2. The zero-order valence-electron chi connectivity index (χ0n) is 37.7. The molecule has 28 heteroatoms. The molecule has 6 aromatic rings. The second-order valence-corrected chi connectivity index (χ2v) is 14.6. The number of carboxylic acid groups (broad SMARTS) is 2. The van der Waals surface area contributed by atoms with E-state index in [4.69, 9.17) is 1.34 Å². The number of nitrogens with zero attached hydrogens (tertiary/aromatic N) is 12. The first-order chi connectivity index (χ1) is 35.4. The van der Waals surface area contributed by atoms with Crippen molar-refractivity contribution >= 4 is 62.9 Å². The van der Waals surface area contributed by atoms with Gasteiger partial charge in [0.05, 0.1) is 11.9 Å². The summed E-state index contributed by atoms with van der Waals surface area (Å²) in [5.41, 5.74) is 0.492. The summed E-state index contributed by atoms with van der Waals surface area (Å²) in [5.74, 6) is -8.93. The van der Waals surface area contributed by atoms with E-state index in [0.29, 0.717) is 38.4 Å². The molecule has 3 aliphatic heterocycles. The van der Waals surface area contributed by atoms with Crippen LogP contribution in [0.1, 0.15) is 20.7 Å². The monoisotopic (exact) mass is 1010 g/mol. The summed E-state index contributed by atoms with van der Waals surface area (Å²) < 4.78 is 57.6. The van der Waals surface area contributed by atoms with Crippen molar-refractivity contribution in [1.82, 2.24) is 0 Å². The summed E-state index contributed by atoms with van der Waals surface area (Å²) in [6.07, 6.45) is 0. The van der Waals surface area contributed by atoms with Crippen LogP contribution in [0, 0.1) is 27.9 Å². The Balaban J connectivity index is 0.000000179. The number of hydrogen-bond donors (Lipinski definition) is 0. The van der Waals surface area contributed by atoms with E-state index in [1.165, 1.54) is 60.7 Å². The third-order valence-electron chi connectivity index (χ3n) is 9.20. The van der Waals surface area contributed by atoms with Crippen LogP contribution in [-0.2, 0) is 0 Å². The number of rotatable bonds is 4.